The van der Waals surface area contributed by atoms with Crippen LogP contribution < -0.4 is 10.5 Å². The monoisotopic (exact) mass is 372 g/mol. The number of benzene rings is 1. The summed E-state index contributed by atoms with van der Waals surface area (Å²) in [6, 6.07) is 5.19. The van der Waals surface area contributed by atoms with Gasteiger partial charge in [0.2, 0.25) is 10.0 Å². The van der Waals surface area contributed by atoms with E-state index in [0.717, 1.165) is 5.56 Å². The van der Waals surface area contributed by atoms with Gasteiger partial charge in [-0.1, -0.05) is 12.1 Å². The number of hydrogen-bond acceptors (Lipinski definition) is 4. The number of carbonyl (C=O) groups excluding carboxylic acids is 1. The van der Waals surface area contributed by atoms with Gasteiger partial charge in [-0.3, -0.25) is 9.48 Å². The van der Waals surface area contributed by atoms with Crippen molar-refractivity contribution in [2.75, 3.05) is 5.32 Å². The number of aromatic nitrogens is 2. The summed E-state index contributed by atoms with van der Waals surface area (Å²) in [5, 5.41) is 11.5. The van der Waals surface area contributed by atoms with Crippen LogP contribution >= 0.6 is 15.9 Å². The molecule has 1 heterocycles. The molecule has 9 heteroatoms. The number of amides is 1. The normalized spacial score (nSPS) is 11.4. The molecule has 21 heavy (non-hydrogen) atoms. The number of sulfonamides is 1. The molecule has 1 amide bonds. The Morgan fingerprint density at radius 2 is 2.10 bits per heavy atom. The summed E-state index contributed by atoms with van der Waals surface area (Å²) in [6.45, 7) is 1.84. The number of halogens is 1. The standard InChI is InChI=1S/C12H13BrN4O3S/c1-7-4-3-5-8(10(7)13)12(18)15-11-9(21(14,19)20)6-17(2)16-11/h3-6H,1-2H3,(H2,14,19,20)(H,15,16,18). The van der Waals surface area contributed by atoms with Crippen molar-refractivity contribution in [2.24, 2.45) is 12.2 Å². The summed E-state index contributed by atoms with van der Waals surface area (Å²) in [6.07, 6.45) is 1.23. The molecule has 0 bridgehead atoms. The lowest BCUT2D eigenvalue weighted by molar-refractivity contribution is 0.102. The van der Waals surface area contributed by atoms with Crippen LogP contribution in [0.15, 0.2) is 33.8 Å². The minimum atomic E-state index is -3.97. The molecule has 0 aliphatic heterocycles. The number of nitrogens with two attached hydrogens (primary N) is 1. The maximum absolute atomic E-state index is 12.2. The molecule has 3 N–H and O–H groups in total. The third-order valence-electron chi connectivity index (χ3n) is 2.77. The minimum Gasteiger partial charge on any atom is -0.304 e. The molecule has 2 rings (SSSR count). The number of anilines is 1. The first-order valence-electron chi connectivity index (χ1n) is 5.83. The number of carbonyl (C=O) groups is 1. The van der Waals surface area contributed by atoms with Gasteiger partial charge in [-0.2, -0.15) is 5.10 Å². The number of primary sulfonamides is 1. The van der Waals surface area contributed by atoms with E-state index >= 15 is 0 Å². The van der Waals surface area contributed by atoms with Gasteiger partial charge >= 0.3 is 0 Å². The van der Waals surface area contributed by atoms with Crippen molar-refractivity contribution < 1.29 is 13.2 Å². The fourth-order valence-electron chi connectivity index (χ4n) is 1.76. The van der Waals surface area contributed by atoms with Gasteiger partial charge in [0.25, 0.3) is 5.91 Å². The molecular weight excluding hydrogens is 360 g/mol. The van der Waals surface area contributed by atoms with Gasteiger partial charge in [0.15, 0.2) is 5.82 Å². The Balaban J connectivity index is 2.39. The first kappa shape index (κ1) is 15.7. The molecule has 1 aromatic heterocycles. The molecule has 7 nitrogen and oxygen atoms in total. The van der Waals surface area contributed by atoms with Crippen LogP contribution in [0.4, 0.5) is 5.82 Å². The molecule has 0 spiro atoms. The second-order valence-corrected chi connectivity index (χ2v) is 6.77. The first-order valence-corrected chi connectivity index (χ1v) is 8.17. The SMILES string of the molecule is Cc1cccc(C(=O)Nc2nn(C)cc2S(N)(=O)=O)c1Br. The molecule has 0 radical (unpaired) electrons. The minimum absolute atomic E-state index is 0.0987. The van der Waals surface area contributed by atoms with Crippen molar-refractivity contribution in [3.63, 3.8) is 0 Å². The molecule has 0 unspecified atom stereocenters. The van der Waals surface area contributed by atoms with Crippen LogP contribution in [0.3, 0.4) is 0 Å². The Kier molecular flexibility index (Phi) is 4.17. The zero-order valence-corrected chi connectivity index (χ0v) is 13.7. The molecule has 112 valence electrons. The molecule has 0 atom stereocenters. The van der Waals surface area contributed by atoms with E-state index in [2.05, 4.69) is 26.3 Å². The summed E-state index contributed by atoms with van der Waals surface area (Å²) in [5.74, 6) is -0.576. The van der Waals surface area contributed by atoms with Crippen LogP contribution in [0, 0.1) is 6.92 Å². The van der Waals surface area contributed by atoms with E-state index in [1.54, 1.807) is 12.1 Å². The molecule has 0 fully saturated rings. The van der Waals surface area contributed by atoms with Crippen LogP contribution in [0.2, 0.25) is 0 Å². The van der Waals surface area contributed by atoms with Crippen molar-refractivity contribution in [1.29, 1.82) is 0 Å². The van der Waals surface area contributed by atoms with Crippen LogP contribution in [-0.4, -0.2) is 24.1 Å². The van der Waals surface area contributed by atoms with Crippen molar-refractivity contribution >= 4 is 37.7 Å². The molecule has 0 saturated carbocycles. The van der Waals surface area contributed by atoms with Gasteiger partial charge in [-0.05, 0) is 34.5 Å². The van der Waals surface area contributed by atoms with Crippen molar-refractivity contribution in [1.82, 2.24) is 9.78 Å². The Morgan fingerprint density at radius 3 is 2.71 bits per heavy atom. The zero-order valence-electron chi connectivity index (χ0n) is 11.3. The lowest BCUT2D eigenvalue weighted by Gasteiger charge is -2.07. The Labute approximate surface area is 130 Å². The molecule has 1 aromatic carbocycles. The van der Waals surface area contributed by atoms with Gasteiger partial charge in [0, 0.05) is 17.7 Å². The smallest absolute Gasteiger partial charge is 0.258 e. The molecular formula is C12H13BrN4O3S. The van der Waals surface area contributed by atoms with Crippen LogP contribution in [0.5, 0.6) is 0 Å². The first-order chi connectivity index (χ1) is 9.70. The van der Waals surface area contributed by atoms with Gasteiger partial charge in [-0.15, -0.1) is 0 Å². The van der Waals surface area contributed by atoms with Crippen molar-refractivity contribution in [3.8, 4) is 0 Å². The van der Waals surface area contributed by atoms with E-state index < -0.39 is 15.9 Å². The maximum atomic E-state index is 12.2. The van der Waals surface area contributed by atoms with E-state index in [4.69, 9.17) is 5.14 Å². The predicted octanol–water partition coefficient (Wildman–Crippen LogP) is 1.39. The van der Waals surface area contributed by atoms with E-state index in [9.17, 15) is 13.2 Å². The summed E-state index contributed by atoms with van der Waals surface area (Å²) in [5.41, 5.74) is 1.26. The summed E-state index contributed by atoms with van der Waals surface area (Å²) in [4.78, 5) is 12.0. The largest absolute Gasteiger partial charge is 0.304 e. The lowest BCUT2D eigenvalue weighted by atomic mass is 10.1. The average Bonchev–Trinajstić information content (AvgIpc) is 2.73. The molecule has 0 saturated heterocycles. The highest BCUT2D eigenvalue weighted by Crippen LogP contribution is 2.23. The van der Waals surface area contributed by atoms with E-state index in [1.807, 2.05) is 13.0 Å². The summed E-state index contributed by atoms with van der Waals surface area (Å²) < 4.78 is 24.8. The fraction of sp³-hybridized carbons (Fsp3) is 0.167. The average molecular weight is 373 g/mol. The van der Waals surface area contributed by atoms with Gasteiger partial charge in [-0.25, -0.2) is 13.6 Å². The third kappa shape index (κ3) is 3.31. The second kappa shape index (κ2) is 5.58. The highest BCUT2D eigenvalue weighted by Gasteiger charge is 2.21. The zero-order chi connectivity index (χ0) is 15.8. The number of rotatable bonds is 3. The van der Waals surface area contributed by atoms with Crippen LogP contribution in [0.25, 0.3) is 0 Å². The second-order valence-electron chi connectivity index (χ2n) is 4.45. The summed E-state index contributed by atoms with van der Waals surface area (Å²) >= 11 is 3.33. The van der Waals surface area contributed by atoms with Crippen LogP contribution in [-0.2, 0) is 17.1 Å². The van der Waals surface area contributed by atoms with E-state index in [0.29, 0.717) is 10.0 Å². The number of nitrogens with zero attached hydrogens (tertiary/aromatic N) is 2. The number of hydrogen-bond donors (Lipinski definition) is 2. The number of aryl methyl sites for hydroxylation is 2. The fourth-order valence-corrected chi connectivity index (χ4v) is 2.86. The molecule has 0 aliphatic rings. The number of nitrogens with one attached hydrogen (secondary N) is 1. The van der Waals surface area contributed by atoms with E-state index in [1.165, 1.54) is 17.9 Å². The Morgan fingerprint density at radius 1 is 1.43 bits per heavy atom. The Hall–Kier alpha value is -1.71. The molecule has 0 aliphatic carbocycles. The maximum Gasteiger partial charge on any atom is 0.258 e. The van der Waals surface area contributed by atoms with Crippen molar-refractivity contribution in [3.05, 3.63) is 40.0 Å². The summed E-state index contributed by atoms with van der Waals surface area (Å²) in [7, 11) is -2.43. The van der Waals surface area contributed by atoms with Gasteiger partial charge < -0.3 is 5.32 Å². The predicted molar refractivity (Wildman–Crippen MR) is 81.4 cm³/mol. The molecule has 2 aromatic rings. The van der Waals surface area contributed by atoms with E-state index in [-0.39, 0.29) is 10.7 Å². The third-order valence-corrected chi connectivity index (χ3v) is 4.73. The highest BCUT2D eigenvalue weighted by molar-refractivity contribution is 9.10. The topological polar surface area (TPSA) is 107 Å². The van der Waals surface area contributed by atoms with Crippen molar-refractivity contribution in [2.45, 2.75) is 11.8 Å². The van der Waals surface area contributed by atoms with Crippen LogP contribution in [0.1, 0.15) is 15.9 Å². The Bertz CT molecular complexity index is 814. The lowest BCUT2D eigenvalue weighted by Crippen LogP contribution is -2.18. The quantitative estimate of drug-likeness (QED) is 0.848. The van der Waals surface area contributed by atoms with Gasteiger partial charge in [0.05, 0.1) is 5.56 Å². The highest BCUT2D eigenvalue weighted by atomic mass is 79.9. The van der Waals surface area contributed by atoms with Gasteiger partial charge in [0.1, 0.15) is 4.90 Å².